The van der Waals surface area contributed by atoms with Crippen molar-refractivity contribution in [3.05, 3.63) is 53.1 Å². The Labute approximate surface area is 162 Å². The van der Waals surface area contributed by atoms with E-state index in [2.05, 4.69) is 0 Å². The van der Waals surface area contributed by atoms with E-state index in [1.165, 1.54) is 12.1 Å². The van der Waals surface area contributed by atoms with Gasteiger partial charge in [0.15, 0.2) is 12.6 Å². The van der Waals surface area contributed by atoms with Crippen molar-refractivity contribution in [3.63, 3.8) is 0 Å². The van der Waals surface area contributed by atoms with Crippen molar-refractivity contribution >= 4 is 18.5 Å². The smallest absolute Gasteiger partial charge is 0.223 e. The first-order valence-corrected chi connectivity index (χ1v) is 9.00. The maximum atomic E-state index is 12.5. The molecule has 2 aromatic carbocycles. The number of phenols is 2. The van der Waals surface area contributed by atoms with Crippen molar-refractivity contribution in [3.8, 4) is 17.2 Å². The summed E-state index contributed by atoms with van der Waals surface area (Å²) in [7, 11) is 0. The van der Waals surface area contributed by atoms with Gasteiger partial charge in [0.2, 0.25) is 5.91 Å². The summed E-state index contributed by atoms with van der Waals surface area (Å²) in [6, 6.07) is 9.04. The number of amides is 1. The maximum Gasteiger partial charge on any atom is 0.223 e. The minimum absolute atomic E-state index is 0.0624. The van der Waals surface area contributed by atoms with Crippen LogP contribution in [0.4, 0.5) is 0 Å². The molecule has 1 aliphatic rings. The van der Waals surface area contributed by atoms with Crippen LogP contribution in [0.15, 0.2) is 36.4 Å². The first-order valence-electron chi connectivity index (χ1n) is 9.00. The van der Waals surface area contributed by atoms with Crippen LogP contribution >= 0.6 is 0 Å². The number of aromatic hydroxyl groups is 2. The summed E-state index contributed by atoms with van der Waals surface area (Å²) in [4.78, 5) is 36.7. The molecule has 1 aliphatic heterocycles. The third-order valence-electron chi connectivity index (χ3n) is 4.91. The molecule has 2 aromatic rings. The Morgan fingerprint density at radius 2 is 1.71 bits per heavy atom. The fourth-order valence-corrected chi connectivity index (χ4v) is 3.40. The Balaban J connectivity index is 1.79. The fraction of sp³-hybridized carbons (Fsp3) is 0.286. The van der Waals surface area contributed by atoms with E-state index in [1.807, 2.05) is 0 Å². The van der Waals surface area contributed by atoms with Gasteiger partial charge < -0.3 is 19.8 Å². The molecule has 7 heteroatoms. The molecule has 1 heterocycles. The van der Waals surface area contributed by atoms with Crippen LogP contribution in [0.2, 0.25) is 0 Å². The summed E-state index contributed by atoms with van der Waals surface area (Å²) < 4.78 is 5.74. The number of likely N-dealkylation sites (tertiary alicyclic amines) is 1. The van der Waals surface area contributed by atoms with Gasteiger partial charge in [0.05, 0.1) is 17.2 Å². The number of ether oxygens (including phenoxy) is 1. The van der Waals surface area contributed by atoms with Crippen LogP contribution < -0.4 is 4.74 Å². The molecule has 1 saturated heterocycles. The van der Waals surface area contributed by atoms with Crippen LogP contribution in [0, 0.1) is 0 Å². The number of rotatable bonds is 7. The molecule has 0 radical (unpaired) electrons. The molecule has 1 unspecified atom stereocenters. The Kier molecular flexibility index (Phi) is 5.93. The molecule has 0 aliphatic carbocycles. The molecule has 0 spiro atoms. The first kappa shape index (κ1) is 19.4. The van der Waals surface area contributed by atoms with E-state index in [4.69, 9.17) is 4.74 Å². The molecular formula is C21H21NO6. The van der Waals surface area contributed by atoms with Crippen molar-refractivity contribution < 1.29 is 29.3 Å². The van der Waals surface area contributed by atoms with Gasteiger partial charge in [0.1, 0.15) is 23.9 Å². The topological polar surface area (TPSA) is 104 Å². The Morgan fingerprint density at radius 1 is 1.04 bits per heavy atom. The number of carbonyl (C=O) groups is 3. The van der Waals surface area contributed by atoms with Gasteiger partial charge in [-0.2, -0.15) is 0 Å². The standard InChI is InChI=1S/C21H21NO6/c23-11-16-14(4-1-6-18(16)25)10-22-15(5-2-9-21(22)27)13-28-20-8-3-7-19(26)17(20)12-24/h1,3-4,6-8,11-12,15,25-26H,2,5,9-10,13H2. The zero-order valence-electron chi connectivity index (χ0n) is 15.2. The normalized spacial score (nSPS) is 16.6. The monoisotopic (exact) mass is 383 g/mol. The summed E-state index contributed by atoms with van der Waals surface area (Å²) in [5.41, 5.74) is 0.783. The molecule has 1 fully saturated rings. The fourth-order valence-electron chi connectivity index (χ4n) is 3.40. The number of hydrogen-bond acceptors (Lipinski definition) is 6. The van der Waals surface area contributed by atoms with Crippen LogP contribution in [0.5, 0.6) is 17.2 Å². The van der Waals surface area contributed by atoms with Gasteiger partial charge in [-0.1, -0.05) is 18.2 Å². The van der Waals surface area contributed by atoms with Gasteiger partial charge in [0, 0.05) is 13.0 Å². The molecule has 7 nitrogen and oxygen atoms in total. The second-order valence-electron chi connectivity index (χ2n) is 6.65. The summed E-state index contributed by atoms with van der Waals surface area (Å²) in [5.74, 6) is -0.106. The summed E-state index contributed by atoms with van der Waals surface area (Å²) in [5, 5.41) is 19.6. The molecule has 146 valence electrons. The SMILES string of the molecule is O=Cc1c(O)cccc1CN1C(=O)CCCC1COc1cccc(O)c1C=O. The lowest BCUT2D eigenvalue weighted by atomic mass is 9.99. The Bertz CT molecular complexity index is 894. The number of hydrogen-bond donors (Lipinski definition) is 2. The van der Waals surface area contributed by atoms with Crippen molar-refractivity contribution in [1.29, 1.82) is 0 Å². The maximum absolute atomic E-state index is 12.5. The minimum atomic E-state index is -0.259. The predicted molar refractivity (Wildman–Crippen MR) is 101 cm³/mol. The summed E-state index contributed by atoms with van der Waals surface area (Å²) in [6.45, 7) is 0.321. The molecule has 28 heavy (non-hydrogen) atoms. The number of nitrogens with zero attached hydrogens (tertiary/aromatic N) is 1. The molecule has 0 saturated carbocycles. The number of benzene rings is 2. The van der Waals surface area contributed by atoms with Crippen molar-refractivity contribution in [2.75, 3.05) is 6.61 Å². The van der Waals surface area contributed by atoms with Gasteiger partial charge in [-0.25, -0.2) is 0 Å². The average Bonchev–Trinajstić information content (AvgIpc) is 2.68. The van der Waals surface area contributed by atoms with E-state index >= 15 is 0 Å². The van der Waals surface area contributed by atoms with Gasteiger partial charge >= 0.3 is 0 Å². The van der Waals surface area contributed by atoms with Crippen molar-refractivity contribution in [2.45, 2.75) is 31.8 Å². The lowest BCUT2D eigenvalue weighted by molar-refractivity contribution is -0.138. The van der Waals surface area contributed by atoms with Crippen LogP contribution in [-0.2, 0) is 11.3 Å². The van der Waals surface area contributed by atoms with E-state index in [9.17, 15) is 24.6 Å². The highest BCUT2D eigenvalue weighted by molar-refractivity contribution is 5.83. The number of piperidine rings is 1. The summed E-state index contributed by atoms with van der Waals surface area (Å²) in [6.07, 6.45) is 2.92. The minimum Gasteiger partial charge on any atom is -0.507 e. The first-order chi connectivity index (χ1) is 13.5. The van der Waals surface area contributed by atoms with E-state index in [1.54, 1.807) is 29.2 Å². The Hall–Kier alpha value is -3.35. The number of carbonyl (C=O) groups excluding carboxylic acids is 3. The van der Waals surface area contributed by atoms with Crippen molar-refractivity contribution in [1.82, 2.24) is 4.90 Å². The number of phenolic OH excluding ortho intramolecular Hbond substituents is 2. The molecule has 1 amide bonds. The van der Waals surface area contributed by atoms with E-state index in [0.717, 1.165) is 0 Å². The molecule has 0 bridgehead atoms. The van der Waals surface area contributed by atoms with Crippen LogP contribution in [0.25, 0.3) is 0 Å². The molecular weight excluding hydrogens is 362 g/mol. The second kappa shape index (κ2) is 8.56. The molecule has 2 N–H and O–H groups in total. The van der Waals surface area contributed by atoms with E-state index in [0.29, 0.717) is 37.4 Å². The molecule has 3 rings (SSSR count). The lowest BCUT2D eigenvalue weighted by Crippen LogP contribution is -2.46. The highest BCUT2D eigenvalue weighted by Crippen LogP contribution is 2.28. The second-order valence-corrected chi connectivity index (χ2v) is 6.65. The molecule has 1 atom stereocenters. The highest BCUT2D eigenvalue weighted by atomic mass is 16.5. The third kappa shape index (κ3) is 3.98. The van der Waals surface area contributed by atoms with Gasteiger partial charge in [-0.3, -0.25) is 14.4 Å². The zero-order chi connectivity index (χ0) is 20.1. The quantitative estimate of drug-likeness (QED) is 0.713. The van der Waals surface area contributed by atoms with Gasteiger partial charge in [-0.05, 0) is 36.6 Å². The lowest BCUT2D eigenvalue weighted by Gasteiger charge is -2.36. The zero-order valence-corrected chi connectivity index (χ0v) is 15.2. The highest BCUT2D eigenvalue weighted by Gasteiger charge is 2.29. The number of aldehydes is 2. The Morgan fingerprint density at radius 3 is 2.43 bits per heavy atom. The average molecular weight is 383 g/mol. The largest absolute Gasteiger partial charge is 0.507 e. The predicted octanol–water partition coefficient (Wildman–Crippen LogP) is 2.68. The van der Waals surface area contributed by atoms with Crippen molar-refractivity contribution in [2.24, 2.45) is 0 Å². The van der Waals surface area contributed by atoms with E-state index in [-0.39, 0.29) is 53.5 Å². The summed E-state index contributed by atoms with van der Waals surface area (Å²) >= 11 is 0. The van der Waals surface area contributed by atoms with Gasteiger partial charge in [0.25, 0.3) is 0 Å². The third-order valence-corrected chi connectivity index (χ3v) is 4.91. The van der Waals surface area contributed by atoms with Crippen LogP contribution in [0.3, 0.4) is 0 Å². The molecule has 0 aromatic heterocycles. The van der Waals surface area contributed by atoms with Crippen LogP contribution in [-0.4, -0.2) is 46.2 Å². The van der Waals surface area contributed by atoms with Crippen LogP contribution in [0.1, 0.15) is 45.5 Å². The van der Waals surface area contributed by atoms with E-state index < -0.39 is 0 Å². The van der Waals surface area contributed by atoms with Gasteiger partial charge in [-0.15, -0.1) is 0 Å².